The molecule has 0 bridgehead atoms. The number of hydrogen-bond acceptors (Lipinski definition) is 3. The first-order chi connectivity index (χ1) is 15.4. The molecule has 0 unspecified atom stereocenters. The van der Waals surface area contributed by atoms with Crippen molar-refractivity contribution in [2.45, 2.75) is 19.0 Å². The summed E-state index contributed by atoms with van der Waals surface area (Å²) in [6, 6.07) is 20.7. The van der Waals surface area contributed by atoms with Gasteiger partial charge in [0, 0.05) is 21.7 Å². The number of nitrogens with zero attached hydrogens (tertiary/aromatic N) is 1. The number of nitrogens with one attached hydrogen (secondary N) is 2. The van der Waals surface area contributed by atoms with Crippen LogP contribution in [0.5, 0.6) is 5.75 Å². The topological polar surface area (TPSA) is 70.4 Å². The molecule has 1 heterocycles. The molecular weight excluding hydrogens is 426 g/mol. The summed E-state index contributed by atoms with van der Waals surface area (Å²) in [5.41, 5.74) is 6.23. The Morgan fingerprint density at radius 2 is 1.69 bits per heavy atom. The molecular formula is C25H23ClN3O3+. The van der Waals surface area contributed by atoms with Gasteiger partial charge in [0.15, 0.2) is 6.04 Å². The molecule has 2 N–H and O–H groups in total. The Morgan fingerprint density at radius 3 is 2.31 bits per heavy atom. The van der Waals surface area contributed by atoms with Gasteiger partial charge in [-0.2, -0.15) is 0 Å². The van der Waals surface area contributed by atoms with Crippen LogP contribution in [0.2, 0.25) is 5.02 Å². The zero-order valence-electron chi connectivity index (χ0n) is 17.7. The molecule has 32 heavy (non-hydrogen) atoms. The molecule has 2 atom stereocenters. The third kappa shape index (κ3) is 4.65. The van der Waals surface area contributed by atoms with Gasteiger partial charge in [-0.15, -0.1) is 10.1 Å². The fourth-order valence-corrected chi connectivity index (χ4v) is 3.75. The lowest BCUT2D eigenvalue weighted by Gasteiger charge is -2.15. The highest BCUT2D eigenvalue weighted by Gasteiger charge is 2.47. The second-order valence-electron chi connectivity index (χ2n) is 7.60. The minimum atomic E-state index is -0.799. The average molecular weight is 449 g/mol. The summed E-state index contributed by atoms with van der Waals surface area (Å²) < 4.78 is 6.88. The third-order valence-electron chi connectivity index (χ3n) is 5.35. The lowest BCUT2D eigenvalue weighted by molar-refractivity contribution is -0.596. The number of benzene rings is 3. The number of hydrazine groups is 1. The number of rotatable bonds is 5. The first kappa shape index (κ1) is 21.6. The summed E-state index contributed by atoms with van der Waals surface area (Å²) >= 11 is 6.07. The van der Waals surface area contributed by atoms with E-state index in [9.17, 15) is 9.59 Å². The van der Waals surface area contributed by atoms with E-state index in [1.807, 2.05) is 49.5 Å². The lowest BCUT2D eigenvalue weighted by atomic mass is 9.99. The first-order valence-electron chi connectivity index (χ1n) is 10.2. The van der Waals surface area contributed by atoms with Crippen molar-refractivity contribution in [1.29, 1.82) is 0 Å². The van der Waals surface area contributed by atoms with Gasteiger partial charge in [0.2, 0.25) is 12.3 Å². The zero-order chi connectivity index (χ0) is 22.7. The Morgan fingerprint density at radius 1 is 1.03 bits per heavy atom. The number of carbonyl (C=O) groups excluding carboxylic acids is 2. The number of halogens is 1. The van der Waals surface area contributed by atoms with E-state index in [1.54, 1.807) is 48.2 Å². The van der Waals surface area contributed by atoms with Crippen molar-refractivity contribution in [3.05, 3.63) is 100 Å². The summed E-state index contributed by atoms with van der Waals surface area (Å²) in [4.78, 5) is 25.8. The molecule has 0 spiro atoms. The Labute approximate surface area is 191 Å². The maximum atomic E-state index is 12.9. The predicted octanol–water partition coefficient (Wildman–Crippen LogP) is 3.67. The van der Waals surface area contributed by atoms with E-state index in [2.05, 4.69) is 10.7 Å². The van der Waals surface area contributed by atoms with Gasteiger partial charge in [-0.05, 0) is 55.5 Å². The van der Waals surface area contributed by atoms with Gasteiger partial charge < -0.3 is 10.1 Å². The van der Waals surface area contributed by atoms with Gasteiger partial charge in [0.1, 0.15) is 5.75 Å². The second kappa shape index (κ2) is 9.24. The highest BCUT2D eigenvalue weighted by Crippen LogP contribution is 2.27. The van der Waals surface area contributed by atoms with E-state index in [4.69, 9.17) is 16.3 Å². The second-order valence-corrected chi connectivity index (χ2v) is 8.04. The molecule has 4 rings (SSSR count). The molecule has 1 fully saturated rings. The molecule has 0 aliphatic carbocycles. The summed E-state index contributed by atoms with van der Waals surface area (Å²) in [7, 11) is 1.56. The van der Waals surface area contributed by atoms with E-state index >= 15 is 0 Å². The lowest BCUT2D eigenvalue weighted by Crippen LogP contribution is -2.42. The number of methoxy groups -OCH3 is 1. The molecule has 6 nitrogen and oxygen atoms in total. The van der Waals surface area contributed by atoms with Gasteiger partial charge in [-0.1, -0.05) is 41.4 Å². The largest absolute Gasteiger partial charge is 0.497 e. The molecule has 0 radical (unpaired) electrons. The number of hydrazone groups is 1. The molecule has 1 saturated heterocycles. The summed E-state index contributed by atoms with van der Waals surface area (Å²) in [6.45, 7) is 2.02. The van der Waals surface area contributed by atoms with Crippen LogP contribution in [0, 0.1) is 6.92 Å². The fourth-order valence-electron chi connectivity index (χ4n) is 3.62. The van der Waals surface area contributed by atoms with Gasteiger partial charge in [0.05, 0.1) is 7.11 Å². The monoisotopic (exact) mass is 448 g/mol. The van der Waals surface area contributed by atoms with Crippen LogP contribution in [0.3, 0.4) is 0 Å². The van der Waals surface area contributed by atoms with Crippen LogP contribution in [0.1, 0.15) is 33.1 Å². The Hall–Kier alpha value is -3.64. The predicted molar refractivity (Wildman–Crippen MR) is 123 cm³/mol. The molecule has 2 amide bonds. The number of hydrogen-bond donors (Lipinski definition) is 2. The maximum Gasteiger partial charge on any atom is 0.304 e. The van der Waals surface area contributed by atoms with Crippen LogP contribution in [0.25, 0.3) is 0 Å². The highest BCUT2D eigenvalue weighted by molar-refractivity contribution is 6.30. The van der Waals surface area contributed by atoms with Crippen molar-refractivity contribution in [3.8, 4) is 5.75 Å². The summed E-state index contributed by atoms with van der Waals surface area (Å²) in [5, 5.41) is 3.48. The van der Waals surface area contributed by atoms with E-state index in [-0.39, 0.29) is 11.8 Å². The third-order valence-corrected chi connectivity index (χ3v) is 5.61. The van der Waals surface area contributed by atoms with Crippen molar-refractivity contribution in [2.75, 3.05) is 7.11 Å². The fraction of sp³-hybridized carbons (Fsp3) is 0.160. The van der Waals surface area contributed by atoms with E-state index in [0.29, 0.717) is 16.3 Å². The smallest absolute Gasteiger partial charge is 0.304 e. The van der Waals surface area contributed by atoms with Crippen LogP contribution >= 0.6 is 11.6 Å². The van der Waals surface area contributed by atoms with Crippen LogP contribution in [-0.4, -0.2) is 35.9 Å². The van der Waals surface area contributed by atoms with Crippen molar-refractivity contribution in [1.82, 2.24) is 10.7 Å². The minimum absolute atomic E-state index is 0.296. The zero-order valence-corrected chi connectivity index (χ0v) is 18.5. The molecule has 3 aromatic rings. The van der Waals surface area contributed by atoms with Crippen LogP contribution in [0.15, 0.2) is 72.8 Å². The number of ether oxygens (including phenoxy) is 1. The molecule has 3 aromatic carbocycles. The molecule has 0 saturated carbocycles. The molecule has 1 aliphatic rings. The maximum absolute atomic E-state index is 12.9. The molecule has 162 valence electrons. The average Bonchev–Trinajstić information content (AvgIpc) is 3.10. The van der Waals surface area contributed by atoms with Crippen LogP contribution in [-0.2, 0) is 4.79 Å². The Balaban J connectivity index is 1.67. The van der Waals surface area contributed by atoms with Crippen LogP contribution in [0.4, 0.5) is 0 Å². The summed E-state index contributed by atoms with van der Waals surface area (Å²) in [6.07, 6.45) is 1.86. The van der Waals surface area contributed by atoms with E-state index in [0.717, 1.165) is 16.7 Å². The first-order valence-corrected chi connectivity index (χ1v) is 10.5. The van der Waals surface area contributed by atoms with Gasteiger partial charge in [-0.25, -0.2) is 0 Å². The molecule has 0 aromatic heterocycles. The number of aryl methyl sites for hydroxylation is 1. The quantitative estimate of drug-likeness (QED) is 0.585. The van der Waals surface area contributed by atoms with Gasteiger partial charge >= 0.3 is 5.91 Å². The SMILES string of the molecule is COc1ccc(C(=O)N[C@@H]2C(=O)N/[N+](=C\c3ccc(C)cc3)[C@@H]2c2ccc(Cl)cc2)cc1. The number of amides is 2. The van der Waals surface area contributed by atoms with Crippen molar-refractivity contribution < 1.29 is 19.0 Å². The van der Waals surface area contributed by atoms with Crippen molar-refractivity contribution in [3.63, 3.8) is 0 Å². The van der Waals surface area contributed by atoms with Crippen molar-refractivity contribution >= 4 is 29.6 Å². The number of carbonyl (C=O) groups is 2. The van der Waals surface area contributed by atoms with E-state index in [1.165, 1.54) is 0 Å². The normalized spacial score (nSPS) is 19.0. The van der Waals surface area contributed by atoms with Gasteiger partial charge in [0.25, 0.3) is 5.91 Å². The summed E-state index contributed by atoms with van der Waals surface area (Å²) in [5.74, 6) is 0.0113. The molecule has 1 aliphatic heterocycles. The van der Waals surface area contributed by atoms with Crippen LogP contribution < -0.4 is 15.5 Å². The minimum Gasteiger partial charge on any atom is -0.497 e. The van der Waals surface area contributed by atoms with E-state index < -0.39 is 12.1 Å². The molecule has 7 heteroatoms. The Kier molecular flexibility index (Phi) is 6.23. The standard InChI is InChI=1S/C25H22ClN3O3/c1-16-3-5-17(6-4-16)15-29-23(18-7-11-20(26)12-8-18)22(25(31)28-29)27-24(30)19-9-13-21(32-2)14-10-19/h3-15,22-23H,1-2H3,(H-,27,28,30,31)/p+1/b29-15-/t22-,23+/m0/s1. The Bertz CT molecular complexity index is 1160. The van der Waals surface area contributed by atoms with Crippen molar-refractivity contribution in [2.24, 2.45) is 0 Å². The highest BCUT2D eigenvalue weighted by atomic mass is 35.5. The van der Waals surface area contributed by atoms with Gasteiger partial charge in [-0.3, -0.25) is 9.59 Å².